The van der Waals surface area contributed by atoms with E-state index in [0.717, 1.165) is 11.3 Å². The van der Waals surface area contributed by atoms with E-state index in [1.54, 1.807) is 0 Å². The van der Waals surface area contributed by atoms with Crippen LogP contribution in [0.4, 0.5) is 5.13 Å². The number of nitrogens with zero attached hydrogens (tertiary/aromatic N) is 3. The number of halogens is 1. The van der Waals surface area contributed by atoms with E-state index in [0.29, 0.717) is 11.3 Å². The van der Waals surface area contributed by atoms with Crippen LogP contribution < -0.4 is 22.1 Å². The quantitative estimate of drug-likeness (QED) is 0.0610. The van der Waals surface area contributed by atoms with Gasteiger partial charge in [0.1, 0.15) is 21.4 Å². The molecule has 0 aliphatic carbocycles. The van der Waals surface area contributed by atoms with Gasteiger partial charge in [-0.15, -0.1) is 11.8 Å². The van der Waals surface area contributed by atoms with Crippen molar-refractivity contribution in [3.63, 3.8) is 0 Å². The molecular weight excluding hydrogens is 518 g/mol. The first kappa shape index (κ1) is 24.8. The molecule has 17 heteroatoms. The van der Waals surface area contributed by atoms with Gasteiger partial charge in [-0.25, -0.2) is 4.98 Å². The molecule has 1 aromatic heterocycles. The first-order valence-electron chi connectivity index (χ1n) is 8.99. The molecule has 176 valence electrons. The Bertz CT molecular complexity index is 1120. The summed E-state index contributed by atoms with van der Waals surface area (Å²) in [5.74, 6) is -3.31. The number of nitrogens with one attached hydrogen (secondary N) is 2. The number of thiol groups is 1. The summed E-state index contributed by atoms with van der Waals surface area (Å²) in [7, 11) is 0. The monoisotopic (exact) mass is 533 g/mol. The summed E-state index contributed by atoms with van der Waals surface area (Å²) in [5.41, 5.74) is 10.3. The molecule has 0 spiro atoms. The van der Waals surface area contributed by atoms with Crippen molar-refractivity contribution in [2.45, 2.75) is 17.8 Å². The molecule has 1 saturated heterocycles. The van der Waals surface area contributed by atoms with Gasteiger partial charge in [0.15, 0.2) is 10.8 Å². The van der Waals surface area contributed by atoms with E-state index < -0.39 is 45.9 Å². The Kier molecular flexibility index (Phi) is 7.51. The van der Waals surface area contributed by atoms with Crippen molar-refractivity contribution < 1.29 is 29.2 Å². The van der Waals surface area contributed by atoms with Gasteiger partial charge in [-0.3, -0.25) is 28.9 Å². The molecule has 0 aromatic carbocycles. The lowest BCUT2D eigenvalue weighted by atomic mass is 10.0. The highest BCUT2D eigenvalue weighted by molar-refractivity contribution is 8.00. The van der Waals surface area contributed by atoms with Crippen LogP contribution in [0.1, 0.15) is 12.1 Å². The van der Waals surface area contributed by atoms with Crippen LogP contribution in [0.5, 0.6) is 0 Å². The van der Waals surface area contributed by atoms with Crippen LogP contribution >= 0.6 is 47.3 Å². The topological polar surface area (TPSA) is 210 Å². The summed E-state index contributed by atoms with van der Waals surface area (Å²) in [6.45, 7) is 0.0168. The van der Waals surface area contributed by atoms with Crippen molar-refractivity contribution in [2.75, 3.05) is 18.0 Å². The fourth-order valence-corrected chi connectivity index (χ4v) is 5.74. The fourth-order valence-electron chi connectivity index (χ4n) is 3.16. The van der Waals surface area contributed by atoms with E-state index in [9.17, 15) is 29.2 Å². The van der Waals surface area contributed by atoms with Gasteiger partial charge in [-0.1, -0.05) is 40.7 Å². The van der Waals surface area contributed by atoms with Crippen molar-refractivity contribution in [3.8, 4) is 0 Å². The largest absolute Gasteiger partial charge is 0.410 e. The number of thioether (sulfide) groups is 1. The van der Waals surface area contributed by atoms with E-state index in [1.807, 2.05) is 0 Å². The number of hydrogen-bond donors (Lipinski definition) is 6. The van der Waals surface area contributed by atoms with Gasteiger partial charge in [0.2, 0.25) is 5.12 Å². The number of carbonyl (C=O) groups is 5. The Labute approximate surface area is 204 Å². The third kappa shape index (κ3) is 4.92. The zero-order valence-electron chi connectivity index (χ0n) is 16.4. The first-order valence-corrected chi connectivity index (χ1v) is 11.7. The fraction of sp³-hybridized carbons (Fsp3) is 0.312. The molecule has 7 N–H and O–H groups in total. The molecule has 2 atom stereocenters. The molecule has 1 fully saturated rings. The predicted octanol–water partition coefficient (Wildman–Crippen LogP) is -1.34. The number of nitrogen functional groups attached to an aromatic ring is 1. The second-order valence-corrected chi connectivity index (χ2v) is 9.76. The van der Waals surface area contributed by atoms with E-state index in [-0.39, 0.29) is 33.8 Å². The first-order chi connectivity index (χ1) is 15.6. The van der Waals surface area contributed by atoms with E-state index in [1.165, 1.54) is 16.7 Å². The maximum Gasteiger partial charge on any atom is 0.309 e. The number of fused-ring (bicyclic) bond motifs is 1. The lowest BCUT2D eigenvalue weighted by molar-refractivity contribution is -0.146. The zero-order chi connectivity index (χ0) is 24.4. The summed E-state index contributed by atoms with van der Waals surface area (Å²) < 4.78 is 0.0306. The maximum absolute atomic E-state index is 12.8. The standard InChI is InChI=1S/C16H16ClN7O6S3/c17-9-5(22-16(19)33-9)6(23-30)11(26)21-7-13(28)24-8(15(29)31)4(3-32-14(7)24)1-2-20-12(27)10(18)25/h7,14,30H,1-3H2,(H2,18,25)(H2,19,22)(H,20,27)(H,21,26)(H,29,31)/b23-6-/t7?,14-/m1/s1. The normalized spacial score (nSPS) is 20.1. The van der Waals surface area contributed by atoms with Crippen LogP contribution in [0, 0.1) is 0 Å². The van der Waals surface area contributed by atoms with Gasteiger partial charge in [-0.2, -0.15) is 0 Å². The van der Waals surface area contributed by atoms with E-state index in [2.05, 4.69) is 33.4 Å². The minimum Gasteiger partial charge on any atom is -0.410 e. The number of nitrogens with two attached hydrogens (primary N) is 2. The number of hydrogen-bond acceptors (Lipinski definition) is 11. The SMILES string of the molecule is NC(=O)C(=O)NCCC1=C(C(=O)S)N2C(=O)C(NC(=O)/C(=N\O)c3nc(N)sc3Cl)[C@H]2SC1. The van der Waals surface area contributed by atoms with Crippen molar-refractivity contribution >= 4 is 86.9 Å². The number of amides is 4. The molecule has 2 aliphatic rings. The lowest BCUT2D eigenvalue weighted by Gasteiger charge is -2.49. The molecule has 4 amide bonds. The molecule has 1 aromatic rings. The second-order valence-electron chi connectivity index (χ2n) is 6.61. The van der Waals surface area contributed by atoms with Crippen LogP contribution in [-0.2, 0) is 24.0 Å². The number of thiazole rings is 1. The van der Waals surface area contributed by atoms with Crippen molar-refractivity contribution in [1.82, 2.24) is 20.5 Å². The van der Waals surface area contributed by atoms with Crippen molar-refractivity contribution in [3.05, 3.63) is 21.3 Å². The number of primary amides is 1. The average molecular weight is 534 g/mol. The van der Waals surface area contributed by atoms with Crippen molar-refractivity contribution in [2.24, 2.45) is 10.9 Å². The van der Waals surface area contributed by atoms with Crippen LogP contribution in [0.25, 0.3) is 0 Å². The number of rotatable bonds is 7. The second kappa shape index (κ2) is 9.98. The summed E-state index contributed by atoms with van der Waals surface area (Å²) in [4.78, 5) is 64.6. The molecule has 3 rings (SSSR count). The number of aromatic nitrogens is 1. The lowest BCUT2D eigenvalue weighted by Crippen LogP contribution is -2.70. The molecule has 33 heavy (non-hydrogen) atoms. The van der Waals surface area contributed by atoms with Gasteiger partial charge in [0.25, 0.3) is 11.8 Å². The van der Waals surface area contributed by atoms with E-state index in [4.69, 9.17) is 23.1 Å². The molecule has 0 saturated carbocycles. The minimum absolute atomic E-state index is 0.0168. The molecule has 13 nitrogen and oxygen atoms in total. The van der Waals surface area contributed by atoms with Gasteiger partial charge in [0.05, 0.1) is 5.70 Å². The Hall–Kier alpha value is -2.82. The molecule has 1 unspecified atom stereocenters. The Balaban J connectivity index is 1.72. The highest BCUT2D eigenvalue weighted by Gasteiger charge is 2.53. The molecule has 0 radical (unpaired) electrons. The Morgan fingerprint density at radius 1 is 1.33 bits per heavy atom. The number of anilines is 1. The Morgan fingerprint density at radius 3 is 2.58 bits per heavy atom. The summed E-state index contributed by atoms with van der Waals surface area (Å²) in [6, 6.07) is -1.02. The molecular formula is C16H16ClN7O6S3. The van der Waals surface area contributed by atoms with Crippen LogP contribution in [0.3, 0.4) is 0 Å². The predicted molar refractivity (Wildman–Crippen MR) is 123 cm³/mol. The highest BCUT2D eigenvalue weighted by atomic mass is 35.5. The smallest absolute Gasteiger partial charge is 0.309 e. The van der Waals surface area contributed by atoms with Crippen LogP contribution in [0.15, 0.2) is 16.4 Å². The van der Waals surface area contributed by atoms with Crippen LogP contribution in [0.2, 0.25) is 4.34 Å². The van der Waals surface area contributed by atoms with Gasteiger partial charge >= 0.3 is 11.8 Å². The number of carbonyl (C=O) groups excluding carboxylic acids is 5. The summed E-state index contributed by atoms with van der Waals surface area (Å²) in [6.07, 6.45) is 0.173. The minimum atomic E-state index is -1.14. The van der Waals surface area contributed by atoms with E-state index >= 15 is 0 Å². The molecule has 3 heterocycles. The summed E-state index contributed by atoms with van der Waals surface area (Å²) in [5, 5.41) is 15.7. The van der Waals surface area contributed by atoms with Crippen molar-refractivity contribution in [1.29, 1.82) is 0 Å². The Morgan fingerprint density at radius 2 is 2.03 bits per heavy atom. The van der Waals surface area contributed by atoms with Crippen LogP contribution in [-0.4, -0.2) is 73.3 Å². The highest BCUT2D eigenvalue weighted by Crippen LogP contribution is 2.41. The van der Waals surface area contributed by atoms with Gasteiger partial charge < -0.3 is 27.3 Å². The zero-order valence-corrected chi connectivity index (χ0v) is 19.7. The molecule has 0 bridgehead atoms. The number of oxime groups is 1. The van der Waals surface area contributed by atoms with Gasteiger partial charge in [-0.05, 0) is 12.0 Å². The average Bonchev–Trinajstić information content (AvgIpc) is 3.09. The third-order valence-corrected chi connectivity index (χ3v) is 7.25. The summed E-state index contributed by atoms with van der Waals surface area (Å²) >= 11 is 11.9. The van der Waals surface area contributed by atoms with Gasteiger partial charge in [0, 0.05) is 12.3 Å². The molecule has 2 aliphatic heterocycles. The third-order valence-electron chi connectivity index (χ3n) is 4.61. The number of β-lactam (4-membered cyclic amide) rings is 1. The maximum atomic E-state index is 12.8.